The number of piperidine rings is 2. The number of methoxy groups -OCH3 is 2. The lowest BCUT2D eigenvalue weighted by molar-refractivity contribution is -0.137. The summed E-state index contributed by atoms with van der Waals surface area (Å²) in [6, 6.07) is 16.7. The van der Waals surface area contributed by atoms with Crippen molar-refractivity contribution in [1.82, 2.24) is 40.4 Å². The van der Waals surface area contributed by atoms with E-state index in [9.17, 15) is 19.2 Å². The Labute approximate surface area is 348 Å². The minimum atomic E-state index is -0.688. The standard InChI is InChI=1S/C46H50N8O6/c1-23(2)37(51-45(57)59-5)43(55)53-22-30-18-32(30)40(53)42-48-33-16-14-28-17-26(11-15-31(28)39(33)50-42)8-7-25-9-12-27(13-10-25)34-21-47-41(49-34)36-20-29-19-35(29)54(36)44(56)38(24(3)4)52-46(58)60-6/h9-17,21,23-24,29-30,32,35-38,40H,18-20,22H2,1-6H3,(H,47,49)(H,48,50)(H,51,57)(H,52,58)/t29-,30+,32+,35-,36+,37+,38+,40-/m1/s1. The molecule has 310 valence electrons. The summed E-state index contributed by atoms with van der Waals surface area (Å²) in [6.45, 7) is 8.32. The molecule has 4 heterocycles. The van der Waals surface area contributed by atoms with Crippen LogP contribution < -0.4 is 10.6 Å². The van der Waals surface area contributed by atoms with E-state index >= 15 is 0 Å². The predicted molar refractivity (Wildman–Crippen MR) is 224 cm³/mol. The molecule has 0 radical (unpaired) electrons. The van der Waals surface area contributed by atoms with Crippen LogP contribution in [-0.2, 0) is 19.1 Å². The van der Waals surface area contributed by atoms with Gasteiger partial charge in [0.05, 0.1) is 49.2 Å². The van der Waals surface area contributed by atoms with Crippen molar-refractivity contribution in [3.63, 3.8) is 0 Å². The number of ether oxygens (including phenoxy) is 2. The lowest BCUT2D eigenvalue weighted by Gasteiger charge is -2.31. The summed E-state index contributed by atoms with van der Waals surface area (Å²) >= 11 is 0. The van der Waals surface area contributed by atoms with Gasteiger partial charge in [-0.05, 0) is 90.1 Å². The fourth-order valence-corrected chi connectivity index (χ4v) is 9.37. The number of alkyl carbamates (subject to hydrolysis) is 2. The van der Waals surface area contributed by atoms with E-state index in [-0.39, 0.29) is 41.8 Å². The highest BCUT2D eigenvalue weighted by Gasteiger charge is 2.57. The quantitative estimate of drug-likeness (QED) is 0.123. The van der Waals surface area contributed by atoms with E-state index in [1.165, 1.54) is 14.2 Å². The first kappa shape index (κ1) is 39.1. The molecule has 2 saturated carbocycles. The molecule has 4 N–H and O–H groups in total. The molecule has 2 aliphatic heterocycles. The van der Waals surface area contributed by atoms with Crippen molar-refractivity contribution in [2.45, 2.75) is 77.2 Å². The largest absolute Gasteiger partial charge is 0.453 e. The van der Waals surface area contributed by atoms with Gasteiger partial charge in [-0.2, -0.15) is 0 Å². The monoisotopic (exact) mass is 810 g/mol. The van der Waals surface area contributed by atoms with Gasteiger partial charge < -0.3 is 39.9 Å². The molecule has 4 fully saturated rings. The number of nitrogens with zero attached hydrogens (tertiary/aromatic N) is 4. The molecule has 4 aliphatic rings. The van der Waals surface area contributed by atoms with Gasteiger partial charge in [-0.15, -0.1) is 0 Å². The normalized spacial score (nSPS) is 23.5. The lowest BCUT2D eigenvalue weighted by Crippen LogP contribution is -2.52. The first-order chi connectivity index (χ1) is 28.9. The molecule has 2 aromatic heterocycles. The summed E-state index contributed by atoms with van der Waals surface area (Å²) in [5, 5.41) is 7.49. The van der Waals surface area contributed by atoms with Gasteiger partial charge in [0, 0.05) is 29.1 Å². The van der Waals surface area contributed by atoms with Gasteiger partial charge in [-0.25, -0.2) is 19.6 Å². The Morgan fingerprint density at radius 2 is 1.47 bits per heavy atom. The second-order valence-corrected chi connectivity index (χ2v) is 17.4. The summed E-state index contributed by atoms with van der Waals surface area (Å²) in [5.74, 6) is 8.93. The number of aromatic amines is 2. The van der Waals surface area contributed by atoms with E-state index < -0.39 is 24.3 Å². The Morgan fingerprint density at radius 1 is 0.783 bits per heavy atom. The number of aromatic nitrogens is 4. The molecular weight excluding hydrogens is 761 g/mol. The number of rotatable bonds is 9. The van der Waals surface area contributed by atoms with Crippen molar-refractivity contribution >= 4 is 45.8 Å². The van der Waals surface area contributed by atoms with E-state index in [1.54, 1.807) is 0 Å². The Kier molecular flexibility index (Phi) is 10.0. The Morgan fingerprint density at radius 3 is 2.17 bits per heavy atom. The van der Waals surface area contributed by atoms with Crippen LogP contribution in [0.15, 0.2) is 60.8 Å². The zero-order valence-electron chi connectivity index (χ0n) is 34.6. The summed E-state index contributed by atoms with van der Waals surface area (Å²) in [7, 11) is 2.60. The highest BCUT2D eigenvalue weighted by Crippen LogP contribution is 2.56. The minimum absolute atomic E-state index is 0.101. The molecular formula is C46H50N8O6. The van der Waals surface area contributed by atoms with Crippen LogP contribution in [0.1, 0.15) is 81.8 Å². The topological polar surface area (TPSA) is 175 Å². The van der Waals surface area contributed by atoms with Crippen molar-refractivity contribution < 1.29 is 28.7 Å². The fraction of sp³-hybridized carbons (Fsp3) is 0.435. The molecule has 60 heavy (non-hydrogen) atoms. The van der Waals surface area contributed by atoms with Crippen LogP contribution in [0.2, 0.25) is 0 Å². The molecule has 9 rings (SSSR count). The second kappa shape index (κ2) is 15.3. The van der Waals surface area contributed by atoms with E-state index in [2.05, 4.69) is 50.6 Å². The molecule has 14 heteroatoms. The first-order valence-corrected chi connectivity index (χ1v) is 20.8. The van der Waals surface area contributed by atoms with Gasteiger partial charge in [0.15, 0.2) is 0 Å². The lowest BCUT2D eigenvalue weighted by atomic mass is 10.0. The van der Waals surface area contributed by atoms with Crippen LogP contribution in [0, 0.1) is 41.4 Å². The van der Waals surface area contributed by atoms with E-state index in [4.69, 9.17) is 19.4 Å². The number of carbonyl (C=O) groups is 4. The van der Waals surface area contributed by atoms with Crippen molar-refractivity contribution in [2.24, 2.45) is 29.6 Å². The number of nitrogens with one attached hydrogen (secondary N) is 4. The zero-order valence-corrected chi connectivity index (χ0v) is 34.6. The van der Waals surface area contributed by atoms with Crippen LogP contribution in [-0.4, -0.2) is 92.6 Å². The Bertz CT molecular complexity index is 2570. The van der Waals surface area contributed by atoms with Crippen LogP contribution >= 0.6 is 0 Å². The number of benzene rings is 3. The third-order valence-corrected chi connectivity index (χ3v) is 12.8. The number of H-pyrrole nitrogens is 2. The molecule has 5 aromatic rings. The minimum Gasteiger partial charge on any atom is -0.453 e. The number of hydrogen-bond donors (Lipinski definition) is 4. The predicted octanol–water partition coefficient (Wildman–Crippen LogP) is 6.45. The smallest absolute Gasteiger partial charge is 0.407 e. The average molecular weight is 811 g/mol. The number of fused-ring (bicyclic) bond motifs is 5. The molecule has 8 atom stereocenters. The summed E-state index contributed by atoms with van der Waals surface area (Å²) in [4.78, 5) is 72.3. The average Bonchev–Trinajstić information content (AvgIpc) is 3.86. The maximum absolute atomic E-state index is 13.8. The number of likely N-dealkylation sites (tertiary alicyclic amines) is 2. The summed E-state index contributed by atoms with van der Waals surface area (Å²) < 4.78 is 9.60. The second-order valence-electron chi connectivity index (χ2n) is 17.4. The van der Waals surface area contributed by atoms with Crippen molar-refractivity contribution in [3.05, 3.63) is 83.6 Å². The van der Waals surface area contributed by atoms with Gasteiger partial charge in [0.25, 0.3) is 0 Å². The zero-order chi connectivity index (χ0) is 42.0. The van der Waals surface area contributed by atoms with Gasteiger partial charge >= 0.3 is 12.2 Å². The molecule has 0 spiro atoms. The van der Waals surface area contributed by atoms with Gasteiger partial charge in [-0.1, -0.05) is 63.8 Å². The van der Waals surface area contributed by atoms with Crippen LogP contribution in [0.4, 0.5) is 9.59 Å². The fourth-order valence-electron chi connectivity index (χ4n) is 9.37. The van der Waals surface area contributed by atoms with Crippen molar-refractivity contribution in [3.8, 4) is 23.1 Å². The van der Waals surface area contributed by atoms with Gasteiger partial charge in [0.2, 0.25) is 11.8 Å². The maximum atomic E-state index is 13.8. The molecule has 0 unspecified atom stereocenters. The summed E-state index contributed by atoms with van der Waals surface area (Å²) in [6.07, 6.45) is 3.44. The third-order valence-electron chi connectivity index (χ3n) is 12.8. The van der Waals surface area contributed by atoms with Crippen molar-refractivity contribution in [1.29, 1.82) is 0 Å². The van der Waals surface area contributed by atoms with Crippen molar-refractivity contribution in [2.75, 3.05) is 20.8 Å². The summed E-state index contributed by atoms with van der Waals surface area (Å²) in [5.41, 5.74) is 5.31. The van der Waals surface area contributed by atoms with Crippen LogP contribution in [0.3, 0.4) is 0 Å². The molecule has 0 bridgehead atoms. The Balaban J connectivity index is 0.892. The van der Waals surface area contributed by atoms with E-state index in [0.717, 1.165) is 75.1 Å². The number of carbonyl (C=O) groups excluding carboxylic acids is 4. The maximum Gasteiger partial charge on any atom is 0.407 e. The highest BCUT2D eigenvalue weighted by atomic mass is 16.5. The SMILES string of the molecule is COC(=O)N[C@H](C(=O)N1C[C@@H]2C[C@@H]2[C@@H]1c1nc2c(ccc3cc(C#Cc4ccc(-c5cnc([C@@H]6C[C@H]7C[C@H]7N6C(=O)[C@@H](NC(=O)OC)C(C)C)[nH]5)cc4)ccc32)[nH]1)C(C)C. The third kappa shape index (κ3) is 7.20. The van der Waals surface area contributed by atoms with Gasteiger partial charge in [-0.3, -0.25) is 9.59 Å². The van der Waals surface area contributed by atoms with E-state index in [1.807, 2.05) is 80.1 Å². The van der Waals surface area contributed by atoms with Crippen LogP contribution in [0.5, 0.6) is 0 Å². The Hall–Kier alpha value is -6.36. The first-order valence-electron chi connectivity index (χ1n) is 20.8. The molecule has 3 aromatic carbocycles. The highest BCUT2D eigenvalue weighted by molar-refractivity contribution is 6.04. The van der Waals surface area contributed by atoms with Gasteiger partial charge in [0.1, 0.15) is 23.7 Å². The molecule has 14 nitrogen and oxygen atoms in total. The number of imidazole rings is 2. The molecule has 2 aliphatic carbocycles. The van der Waals surface area contributed by atoms with E-state index in [0.29, 0.717) is 24.3 Å². The number of hydrogen-bond acceptors (Lipinski definition) is 8. The molecule has 4 amide bonds. The number of amides is 4. The molecule has 2 saturated heterocycles. The van der Waals surface area contributed by atoms with Crippen LogP contribution in [0.25, 0.3) is 33.1 Å².